The largest absolute Gasteiger partial charge is 0.392 e. The lowest BCUT2D eigenvalue weighted by atomic mass is 9.96. The quantitative estimate of drug-likeness (QED) is 0.855. The summed E-state index contributed by atoms with van der Waals surface area (Å²) >= 11 is 0. The topological polar surface area (TPSA) is 23.5 Å². The molecule has 0 amide bonds. The van der Waals surface area contributed by atoms with E-state index in [0.717, 1.165) is 12.2 Å². The molecule has 90 valence electrons. The molecule has 0 aliphatic carbocycles. The van der Waals surface area contributed by atoms with Gasteiger partial charge in [-0.25, -0.2) is 4.39 Å². The van der Waals surface area contributed by atoms with Crippen LogP contribution in [-0.4, -0.2) is 18.7 Å². The van der Waals surface area contributed by atoms with Crippen LogP contribution in [0.5, 0.6) is 0 Å². The van der Waals surface area contributed by atoms with Gasteiger partial charge in [-0.05, 0) is 23.6 Å². The van der Waals surface area contributed by atoms with Crippen molar-refractivity contribution in [1.82, 2.24) is 0 Å². The summed E-state index contributed by atoms with van der Waals surface area (Å²) in [5, 5.41) is 9.20. The zero-order chi connectivity index (χ0) is 12.3. The van der Waals surface area contributed by atoms with Crippen LogP contribution in [0, 0.1) is 11.2 Å². The highest BCUT2D eigenvalue weighted by Crippen LogP contribution is 2.24. The van der Waals surface area contributed by atoms with Gasteiger partial charge in [0.25, 0.3) is 0 Å². The third-order valence-corrected chi connectivity index (χ3v) is 2.33. The molecule has 0 atom stereocenters. The first kappa shape index (κ1) is 13.0. The predicted octanol–water partition coefficient (Wildman–Crippen LogP) is 2.80. The smallest absolute Gasteiger partial charge is 0.123 e. The molecule has 0 aromatic heterocycles. The Balaban J connectivity index is 2.94. The molecule has 0 bridgehead atoms. The minimum atomic E-state index is -0.308. The lowest BCUT2D eigenvalue weighted by Crippen LogP contribution is -2.29. The van der Waals surface area contributed by atoms with Gasteiger partial charge in [0.2, 0.25) is 0 Å². The van der Waals surface area contributed by atoms with Gasteiger partial charge in [-0.1, -0.05) is 20.8 Å². The van der Waals surface area contributed by atoms with Gasteiger partial charge in [0.05, 0.1) is 6.61 Å². The Bertz CT molecular complexity index is 357. The minimum absolute atomic E-state index is 0.137. The van der Waals surface area contributed by atoms with Gasteiger partial charge >= 0.3 is 0 Å². The Hall–Kier alpha value is -1.09. The number of aliphatic hydroxyl groups excluding tert-OH is 1. The summed E-state index contributed by atoms with van der Waals surface area (Å²) in [6, 6.07) is 4.52. The number of rotatable bonds is 3. The Morgan fingerprint density at radius 2 is 1.94 bits per heavy atom. The maximum absolute atomic E-state index is 13.0. The van der Waals surface area contributed by atoms with Crippen LogP contribution < -0.4 is 4.90 Å². The van der Waals surface area contributed by atoms with Crippen LogP contribution in [0.15, 0.2) is 18.2 Å². The lowest BCUT2D eigenvalue weighted by Gasteiger charge is -2.29. The summed E-state index contributed by atoms with van der Waals surface area (Å²) in [6.45, 7) is 7.15. The van der Waals surface area contributed by atoms with E-state index >= 15 is 0 Å². The summed E-state index contributed by atoms with van der Waals surface area (Å²) in [6.07, 6.45) is 0. The fourth-order valence-electron chi connectivity index (χ4n) is 1.85. The van der Waals surface area contributed by atoms with Gasteiger partial charge < -0.3 is 10.0 Å². The van der Waals surface area contributed by atoms with Crippen LogP contribution in [-0.2, 0) is 6.61 Å². The Morgan fingerprint density at radius 3 is 2.44 bits per heavy atom. The molecular formula is C13H20FNO. The van der Waals surface area contributed by atoms with Crippen LogP contribution in [0.4, 0.5) is 10.1 Å². The highest BCUT2D eigenvalue weighted by molar-refractivity contribution is 5.53. The van der Waals surface area contributed by atoms with E-state index in [-0.39, 0.29) is 17.8 Å². The Morgan fingerprint density at radius 1 is 1.31 bits per heavy atom. The first-order valence-corrected chi connectivity index (χ1v) is 5.44. The van der Waals surface area contributed by atoms with Crippen molar-refractivity contribution in [2.75, 3.05) is 18.5 Å². The predicted molar refractivity (Wildman–Crippen MR) is 65.0 cm³/mol. The maximum atomic E-state index is 13.0. The monoisotopic (exact) mass is 225 g/mol. The van der Waals surface area contributed by atoms with Gasteiger partial charge in [-0.15, -0.1) is 0 Å². The summed E-state index contributed by atoms with van der Waals surface area (Å²) < 4.78 is 13.0. The van der Waals surface area contributed by atoms with E-state index in [2.05, 4.69) is 20.8 Å². The van der Waals surface area contributed by atoms with Gasteiger partial charge in [0.15, 0.2) is 0 Å². The molecule has 2 nitrogen and oxygen atoms in total. The van der Waals surface area contributed by atoms with Gasteiger partial charge in [-0.3, -0.25) is 0 Å². The molecule has 3 heteroatoms. The van der Waals surface area contributed by atoms with Crippen molar-refractivity contribution in [3.63, 3.8) is 0 Å². The van der Waals surface area contributed by atoms with Crippen molar-refractivity contribution in [3.8, 4) is 0 Å². The van der Waals surface area contributed by atoms with Gasteiger partial charge in [0.1, 0.15) is 5.82 Å². The maximum Gasteiger partial charge on any atom is 0.123 e. The molecule has 1 aromatic carbocycles. The minimum Gasteiger partial charge on any atom is -0.392 e. The van der Waals surface area contributed by atoms with E-state index < -0.39 is 0 Å². The van der Waals surface area contributed by atoms with Gasteiger partial charge in [-0.2, -0.15) is 0 Å². The molecule has 1 rings (SSSR count). The fourth-order valence-corrected chi connectivity index (χ4v) is 1.85. The first-order chi connectivity index (χ1) is 7.33. The van der Waals surface area contributed by atoms with E-state index in [0.29, 0.717) is 5.56 Å². The first-order valence-electron chi connectivity index (χ1n) is 5.44. The SMILES string of the molecule is CN(CC(C)(C)C)c1ccc(F)cc1CO. The number of hydrogen-bond donors (Lipinski definition) is 1. The van der Waals surface area contributed by atoms with Gasteiger partial charge in [0, 0.05) is 24.8 Å². The van der Waals surface area contributed by atoms with Crippen molar-refractivity contribution in [2.24, 2.45) is 5.41 Å². The number of halogens is 1. The van der Waals surface area contributed by atoms with Crippen LogP contribution in [0.25, 0.3) is 0 Å². The number of aliphatic hydroxyl groups is 1. The fraction of sp³-hybridized carbons (Fsp3) is 0.538. The molecule has 16 heavy (non-hydrogen) atoms. The van der Waals surface area contributed by atoms with Crippen molar-refractivity contribution in [3.05, 3.63) is 29.6 Å². The second-order valence-electron chi connectivity index (χ2n) is 5.35. The molecule has 0 saturated carbocycles. The third kappa shape index (κ3) is 3.49. The lowest BCUT2D eigenvalue weighted by molar-refractivity contribution is 0.281. The molecule has 0 aliphatic heterocycles. The standard InChI is InChI=1S/C13H20FNO/c1-13(2,3)9-15(4)12-6-5-11(14)7-10(12)8-16/h5-7,16H,8-9H2,1-4H3. The second kappa shape index (κ2) is 4.83. The summed E-state index contributed by atoms with van der Waals surface area (Å²) in [5.74, 6) is -0.308. The number of anilines is 1. The third-order valence-electron chi connectivity index (χ3n) is 2.33. The van der Waals surface area contributed by atoms with E-state index in [4.69, 9.17) is 0 Å². The van der Waals surface area contributed by atoms with Crippen LogP contribution in [0.2, 0.25) is 0 Å². The normalized spacial score (nSPS) is 11.6. The summed E-state index contributed by atoms with van der Waals surface area (Å²) in [7, 11) is 1.96. The highest BCUT2D eigenvalue weighted by atomic mass is 19.1. The molecule has 0 heterocycles. The molecule has 1 aromatic rings. The van der Waals surface area contributed by atoms with E-state index in [1.807, 2.05) is 11.9 Å². The average molecular weight is 225 g/mol. The molecule has 0 unspecified atom stereocenters. The Labute approximate surface area is 96.7 Å². The number of hydrogen-bond acceptors (Lipinski definition) is 2. The Kier molecular flexibility index (Phi) is 3.92. The van der Waals surface area contributed by atoms with E-state index in [1.165, 1.54) is 12.1 Å². The molecular weight excluding hydrogens is 205 g/mol. The second-order valence-corrected chi connectivity index (χ2v) is 5.35. The van der Waals surface area contributed by atoms with Crippen molar-refractivity contribution < 1.29 is 9.50 Å². The van der Waals surface area contributed by atoms with Crippen molar-refractivity contribution >= 4 is 5.69 Å². The zero-order valence-electron chi connectivity index (χ0n) is 10.4. The molecule has 1 N–H and O–H groups in total. The van der Waals surface area contributed by atoms with Crippen molar-refractivity contribution in [1.29, 1.82) is 0 Å². The van der Waals surface area contributed by atoms with Crippen LogP contribution in [0.3, 0.4) is 0 Å². The van der Waals surface area contributed by atoms with Crippen LogP contribution >= 0.6 is 0 Å². The number of nitrogens with zero attached hydrogens (tertiary/aromatic N) is 1. The van der Waals surface area contributed by atoms with Crippen molar-refractivity contribution in [2.45, 2.75) is 27.4 Å². The van der Waals surface area contributed by atoms with E-state index in [9.17, 15) is 9.50 Å². The summed E-state index contributed by atoms with van der Waals surface area (Å²) in [4.78, 5) is 2.05. The van der Waals surface area contributed by atoms with E-state index in [1.54, 1.807) is 6.07 Å². The molecule has 0 aliphatic rings. The zero-order valence-corrected chi connectivity index (χ0v) is 10.4. The molecule has 0 fully saturated rings. The van der Waals surface area contributed by atoms with Crippen LogP contribution in [0.1, 0.15) is 26.3 Å². The average Bonchev–Trinajstić information content (AvgIpc) is 2.14. The molecule has 0 spiro atoms. The molecule has 0 saturated heterocycles. The summed E-state index contributed by atoms with van der Waals surface area (Å²) in [5.41, 5.74) is 1.68. The number of benzene rings is 1. The molecule has 0 radical (unpaired) electrons. The highest BCUT2D eigenvalue weighted by Gasteiger charge is 2.16.